The summed E-state index contributed by atoms with van der Waals surface area (Å²) >= 11 is 0. The minimum atomic E-state index is -0.429. The van der Waals surface area contributed by atoms with E-state index in [-0.39, 0.29) is 6.61 Å². The highest BCUT2D eigenvalue weighted by Gasteiger charge is 2.18. The first-order chi connectivity index (χ1) is 10.7. The first-order valence-electron chi connectivity index (χ1n) is 6.80. The van der Waals surface area contributed by atoms with Crippen molar-refractivity contribution >= 4 is 17.0 Å². The van der Waals surface area contributed by atoms with Crippen LogP contribution in [0.4, 0.5) is 0 Å². The van der Waals surface area contributed by atoms with Crippen molar-refractivity contribution in [3.8, 4) is 11.3 Å². The second kappa shape index (κ2) is 5.90. The number of carbonyl (C=O) groups is 1. The zero-order valence-corrected chi connectivity index (χ0v) is 11.9. The average Bonchev–Trinajstić information content (AvgIpc) is 2.99. The quantitative estimate of drug-likeness (QED) is 0.711. The second-order valence-corrected chi connectivity index (χ2v) is 4.56. The summed E-state index contributed by atoms with van der Waals surface area (Å²) < 4.78 is 5.06. The molecule has 0 unspecified atom stereocenters. The SMILES string of the molecule is CCOC(=O)c1c[nH]c2ncnc(-c3ccnc(CO)c3)c12. The number of esters is 1. The van der Waals surface area contributed by atoms with E-state index < -0.39 is 5.97 Å². The number of H-pyrrole nitrogens is 1. The molecule has 0 bridgehead atoms. The van der Waals surface area contributed by atoms with Crippen molar-refractivity contribution in [1.82, 2.24) is 19.9 Å². The maximum Gasteiger partial charge on any atom is 0.340 e. The van der Waals surface area contributed by atoms with Crippen molar-refractivity contribution in [3.05, 3.63) is 42.1 Å². The largest absolute Gasteiger partial charge is 0.462 e. The van der Waals surface area contributed by atoms with Gasteiger partial charge in [0, 0.05) is 18.0 Å². The van der Waals surface area contributed by atoms with Gasteiger partial charge in [-0.1, -0.05) is 0 Å². The van der Waals surface area contributed by atoms with Gasteiger partial charge in [0.15, 0.2) is 0 Å². The van der Waals surface area contributed by atoms with E-state index in [9.17, 15) is 9.90 Å². The Balaban J connectivity index is 2.20. The Morgan fingerprint density at radius 3 is 3.00 bits per heavy atom. The van der Waals surface area contributed by atoms with Crippen molar-refractivity contribution in [1.29, 1.82) is 0 Å². The van der Waals surface area contributed by atoms with Gasteiger partial charge >= 0.3 is 5.97 Å². The molecule has 0 saturated heterocycles. The van der Waals surface area contributed by atoms with Crippen molar-refractivity contribution < 1.29 is 14.6 Å². The van der Waals surface area contributed by atoms with Crippen LogP contribution in [0.2, 0.25) is 0 Å². The highest BCUT2D eigenvalue weighted by molar-refractivity contribution is 6.08. The third-order valence-electron chi connectivity index (χ3n) is 3.22. The number of carbonyl (C=O) groups excluding carboxylic acids is 1. The smallest absolute Gasteiger partial charge is 0.340 e. The summed E-state index contributed by atoms with van der Waals surface area (Å²) in [6, 6.07) is 3.49. The highest BCUT2D eigenvalue weighted by Crippen LogP contribution is 2.28. The minimum absolute atomic E-state index is 0.167. The topological polar surface area (TPSA) is 101 Å². The highest BCUT2D eigenvalue weighted by atomic mass is 16.5. The van der Waals surface area contributed by atoms with E-state index in [2.05, 4.69) is 19.9 Å². The maximum atomic E-state index is 12.1. The lowest BCUT2D eigenvalue weighted by atomic mass is 10.1. The monoisotopic (exact) mass is 298 g/mol. The van der Waals surface area contributed by atoms with Crippen molar-refractivity contribution in [3.63, 3.8) is 0 Å². The molecule has 0 aliphatic carbocycles. The fourth-order valence-corrected chi connectivity index (χ4v) is 2.26. The average molecular weight is 298 g/mol. The number of aliphatic hydroxyl groups is 1. The number of nitrogens with one attached hydrogen (secondary N) is 1. The predicted octanol–water partition coefficient (Wildman–Crippen LogP) is 1.69. The van der Waals surface area contributed by atoms with Crippen LogP contribution < -0.4 is 0 Å². The molecule has 3 aromatic heterocycles. The predicted molar refractivity (Wildman–Crippen MR) is 79.0 cm³/mol. The van der Waals surface area contributed by atoms with Gasteiger partial charge < -0.3 is 14.8 Å². The molecular weight excluding hydrogens is 284 g/mol. The van der Waals surface area contributed by atoms with Gasteiger partial charge in [0.1, 0.15) is 12.0 Å². The van der Waals surface area contributed by atoms with Gasteiger partial charge in [0.05, 0.1) is 35.6 Å². The van der Waals surface area contributed by atoms with Crippen molar-refractivity contribution in [2.45, 2.75) is 13.5 Å². The summed E-state index contributed by atoms with van der Waals surface area (Å²) in [6.45, 7) is 1.87. The molecule has 0 spiro atoms. The molecule has 3 heterocycles. The van der Waals surface area contributed by atoms with Gasteiger partial charge in [-0.05, 0) is 19.1 Å². The van der Waals surface area contributed by atoms with E-state index in [0.717, 1.165) is 5.56 Å². The summed E-state index contributed by atoms with van der Waals surface area (Å²) in [5.41, 5.74) is 2.80. The van der Waals surface area contributed by atoms with Crippen molar-refractivity contribution in [2.75, 3.05) is 6.61 Å². The fourth-order valence-electron chi connectivity index (χ4n) is 2.26. The van der Waals surface area contributed by atoms with Gasteiger partial charge in [-0.25, -0.2) is 14.8 Å². The maximum absolute atomic E-state index is 12.1. The summed E-state index contributed by atoms with van der Waals surface area (Å²) in [5.74, 6) is -0.429. The molecule has 0 saturated carbocycles. The molecule has 2 N–H and O–H groups in total. The number of hydrogen-bond donors (Lipinski definition) is 2. The zero-order chi connectivity index (χ0) is 15.5. The molecule has 112 valence electrons. The number of nitrogens with zero attached hydrogens (tertiary/aromatic N) is 3. The van der Waals surface area contributed by atoms with Crippen LogP contribution in [-0.4, -0.2) is 37.6 Å². The lowest BCUT2D eigenvalue weighted by Gasteiger charge is -2.06. The third-order valence-corrected chi connectivity index (χ3v) is 3.22. The van der Waals surface area contributed by atoms with Crippen LogP contribution >= 0.6 is 0 Å². The number of aromatic nitrogens is 4. The van der Waals surface area contributed by atoms with Crippen LogP contribution in [0.1, 0.15) is 23.0 Å². The Morgan fingerprint density at radius 1 is 1.36 bits per heavy atom. The Hall–Kier alpha value is -2.80. The molecule has 22 heavy (non-hydrogen) atoms. The molecule has 0 amide bonds. The first-order valence-corrected chi connectivity index (χ1v) is 6.80. The number of pyridine rings is 1. The molecule has 7 heteroatoms. The first kappa shape index (κ1) is 14.2. The molecular formula is C15H14N4O3. The van der Waals surface area contributed by atoms with Crippen LogP contribution in [0.3, 0.4) is 0 Å². The molecule has 0 radical (unpaired) electrons. The Labute approximate surface area is 126 Å². The number of hydrogen-bond acceptors (Lipinski definition) is 6. The number of rotatable bonds is 4. The third kappa shape index (κ3) is 2.42. The summed E-state index contributed by atoms with van der Waals surface area (Å²) in [6.07, 6.45) is 4.57. The molecule has 7 nitrogen and oxygen atoms in total. The molecule has 0 aliphatic rings. The van der Waals surface area contributed by atoms with E-state index in [1.54, 1.807) is 31.5 Å². The molecule has 0 aromatic carbocycles. The van der Waals surface area contributed by atoms with E-state index >= 15 is 0 Å². The summed E-state index contributed by atoms with van der Waals surface area (Å²) in [4.78, 5) is 27.5. The number of ether oxygens (including phenoxy) is 1. The standard InChI is InChI=1S/C15H14N4O3/c1-2-22-15(21)11-6-17-14-12(11)13(18-8-19-14)9-3-4-16-10(5-9)7-20/h3-6,8,20H,2,7H2,1H3,(H,17,18,19). The number of aliphatic hydroxyl groups excluding tert-OH is 1. The number of aromatic amines is 1. The summed E-state index contributed by atoms with van der Waals surface area (Å²) in [5, 5.41) is 9.81. The van der Waals surface area contributed by atoms with Gasteiger partial charge in [-0.3, -0.25) is 4.98 Å². The lowest BCUT2D eigenvalue weighted by molar-refractivity contribution is 0.0528. The molecule has 0 atom stereocenters. The molecule has 3 rings (SSSR count). The number of fused-ring (bicyclic) bond motifs is 1. The van der Waals surface area contributed by atoms with E-state index in [0.29, 0.717) is 34.6 Å². The van der Waals surface area contributed by atoms with E-state index in [4.69, 9.17) is 4.74 Å². The lowest BCUT2D eigenvalue weighted by Crippen LogP contribution is -2.04. The van der Waals surface area contributed by atoms with E-state index in [1.165, 1.54) is 6.33 Å². The normalized spacial score (nSPS) is 10.8. The zero-order valence-electron chi connectivity index (χ0n) is 11.9. The molecule has 0 fully saturated rings. The Bertz CT molecular complexity index is 829. The molecule has 0 aliphatic heterocycles. The van der Waals surface area contributed by atoms with Gasteiger partial charge in [0.2, 0.25) is 0 Å². The van der Waals surface area contributed by atoms with Crippen LogP contribution in [-0.2, 0) is 11.3 Å². The Kier molecular flexibility index (Phi) is 3.80. The van der Waals surface area contributed by atoms with Crippen LogP contribution in [0.15, 0.2) is 30.9 Å². The summed E-state index contributed by atoms with van der Waals surface area (Å²) in [7, 11) is 0. The van der Waals surface area contributed by atoms with Crippen LogP contribution in [0.25, 0.3) is 22.3 Å². The minimum Gasteiger partial charge on any atom is -0.462 e. The molecule has 3 aromatic rings. The second-order valence-electron chi connectivity index (χ2n) is 4.56. The van der Waals surface area contributed by atoms with Crippen LogP contribution in [0, 0.1) is 0 Å². The van der Waals surface area contributed by atoms with E-state index in [1.807, 2.05) is 0 Å². The Morgan fingerprint density at radius 2 is 2.23 bits per heavy atom. The van der Waals surface area contributed by atoms with Crippen LogP contribution in [0.5, 0.6) is 0 Å². The van der Waals surface area contributed by atoms with Gasteiger partial charge in [-0.2, -0.15) is 0 Å². The van der Waals surface area contributed by atoms with Gasteiger partial charge in [-0.15, -0.1) is 0 Å². The van der Waals surface area contributed by atoms with Crippen molar-refractivity contribution in [2.24, 2.45) is 0 Å². The fraction of sp³-hybridized carbons (Fsp3) is 0.200. The van der Waals surface area contributed by atoms with Gasteiger partial charge in [0.25, 0.3) is 0 Å².